The van der Waals surface area contributed by atoms with Gasteiger partial charge in [0.2, 0.25) is 5.91 Å². The van der Waals surface area contributed by atoms with E-state index in [0.29, 0.717) is 6.07 Å². The van der Waals surface area contributed by atoms with Crippen molar-refractivity contribution in [2.45, 2.75) is 12.4 Å². The minimum Gasteiger partial charge on any atom is -0.383 e. The van der Waals surface area contributed by atoms with Crippen LogP contribution in [0.3, 0.4) is 0 Å². The third-order valence-corrected chi connectivity index (χ3v) is 3.65. The topological polar surface area (TPSA) is 72.3 Å². The van der Waals surface area contributed by atoms with Crippen molar-refractivity contribution in [2.24, 2.45) is 0 Å². The van der Waals surface area contributed by atoms with Gasteiger partial charge in [-0.2, -0.15) is 31.4 Å². The van der Waals surface area contributed by atoms with Crippen molar-refractivity contribution in [1.29, 1.82) is 0 Å². The minimum atomic E-state index is -4.68. The zero-order chi connectivity index (χ0) is 21.7. The summed E-state index contributed by atoms with van der Waals surface area (Å²) in [5.74, 6) is -0.925. The smallest absolute Gasteiger partial charge is 0.383 e. The molecule has 0 fully saturated rings. The number of anilines is 1. The van der Waals surface area contributed by atoms with E-state index in [1.54, 1.807) is 0 Å². The van der Waals surface area contributed by atoms with E-state index in [4.69, 9.17) is 4.74 Å². The highest BCUT2D eigenvalue weighted by Crippen LogP contribution is 2.33. The van der Waals surface area contributed by atoms with Gasteiger partial charge in [-0.25, -0.2) is 9.67 Å². The lowest BCUT2D eigenvalue weighted by Gasteiger charge is -2.23. The number of nitrogens with zero attached hydrogens (tertiary/aromatic N) is 4. The Bertz CT molecular complexity index is 807. The number of alkyl halides is 6. The zero-order valence-electron chi connectivity index (χ0n) is 15.1. The van der Waals surface area contributed by atoms with Gasteiger partial charge in [0.05, 0.1) is 36.6 Å². The molecule has 0 saturated heterocycles. The number of hydrogen-bond acceptors (Lipinski definition) is 5. The lowest BCUT2D eigenvalue weighted by Crippen LogP contribution is -2.41. The Morgan fingerprint density at radius 1 is 1.24 bits per heavy atom. The maximum Gasteiger partial charge on any atom is 0.416 e. The SMILES string of the molecule is COCCN(CC(=O)Nc1cc(C(F)(F)F)ccc1-n1cncn1)CC(F)(F)F. The molecule has 13 heteroatoms. The van der Waals surface area contributed by atoms with E-state index >= 15 is 0 Å². The van der Waals surface area contributed by atoms with E-state index in [9.17, 15) is 31.1 Å². The molecule has 0 bridgehead atoms. The van der Waals surface area contributed by atoms with Crippen LogP contribution in [0.4, 0.5) is 32.0 Å². The Balaban J connectivity index is 2.24. The molecule has 1 heterocycles. The maximum atomic E-state index is 13.0. The standard InChI is InChI=1S/C16H17F6N5O2/c1-29-5-4-26(8-15(17,18)19)7-14(28)25-12-6-11(16(20,21)22)2-3-13(12)27-10-23-9-24-27/h2-3,6,9-10H,4-5,7-8H2,1H3,(H,25,28). The van der Waals surface area contributed by atoms with E-state index in [1.165, 1.54) is 13.4 Å². The number of amides is 1. The first-order valence-electron chi connectivity index (χ1n) is 8.14. The number of carbonyl (C=O) groups excluding carboxylic acids is 1. The molecule has 0 unspecified atom stereocenters. The predicted octanol–water partition coefficient (Wildman–Crippen LogP) is 2.74. The molecule has 1 amide bonds. The molecular formula is C16H17F6N5O2. The number of aromatic nitrogens is 3. The summed E-state index contributed by atoms with van der Waals surface area (Å²) in [7, 11) is 1.29. The average Bonchev–Trinajstić information content (AvgIpc) is 3.11. The molecule has 160 valence electrons. The Morgan fingerprint density at radius 3 is 2.52 bits per heavy atom. The van der Waals surface area contributed by atoms with Crippen LogP contribution in [0, 0.1) is 0 Å². The molecule has 1 aromatic carbocycles. The maximum absolute atomic E-state index is 13.0. The quantitative estimate of drug-likeness (QED) is 0.659. The molecule has 7 nitrogen and oxygen atoms in total. The number of hydrogen-bond donors (Lipinski definition) is 1. The fourth-order valence-corrected chi connectivity index (χ4v) is 2.43. The van der Waals surface area contributed by atoms with Gasteiger partial charge < -0.3 is 10.1 Å². The van der Waals surface area contributed by atoms with Crippen LogP contribution in [-0.4, -0.2) is 65.1 Å². The zero-order valence-corrected chi connectivity index (χ0v) is 15.1. The number of halogens is 6. The van der Waals surface area contributed by atoms with Gasteiger partial charge in [0.1, 0.15) is 12.7 Å². The molecule has 0 aliphatic rings. The lowest BCUT2D eigenvalue weighted by atomic mass is 10.1. The number of nitrogens with one attached hydrogen (secondary N) is 1. The summed E-state index contributed by atoms with van der Waals surface area (Å²) in [6.45, 7) is -2.32. The Hall–Kier alpha value is -2.67. The van der Waals surface area contributed by atoms with E-state index in [1.807, 2.05) is 0 Å². The monoisotopic (exact) mass is 425 g/mol. The van der Waals surface area contributed by atoms with Crippen LogP contribution in [0.25, 0.3) is 5.69 Å². The number of ether oxygens (including phenoxy) is 1. The van der Waals surface area contributed by atoms with Crippen LogP contribution in [0.2, 0.25) is 0 Å². The van der Waals surface area contributed by atoms with Gasteiger partial charge in [0.15, 0.2) is 0 Å². The van der Waals surface area contributed by atoms with Crippen molar-refractivity contribution in [3.8, 4) is 5.69 Å². The van der Waals surface area contributed by atoms with Gasteiger partial charge in [-0.15, -0.1) is 0 Å². The summed E-state index contributed by atoms with van der Waals surface area (Å²) in [4.78, 5) is 16.7. The number of rotatable bonds is 8. The Labute approximate surface area is 161 Å². The summed E-state index contributed by atoms with van der Waals surface area (Å²) < 4.78 is 83.0. The summed E-state index contributed by atoms with van der Waals surface area (Å²) >= 11 is 0. The predicted molar refractivity (Wildman–Crippen MR) is 89.4 cm³/mol. The fraction of sp³-hybridized carbons (Fsp3) is 0.438. The van der Waals surface area contributed by atoms with Gasteiger partial charge in [-0.05, 0) is 18.2 Å². The summed E-state index contributed by atoms with van der Waals surface area (Å²) in [5, 5.41) is 6.02. The van der Waals surface area contributed by atoms with Crippen molar-refractivity contribution in [2.75, 3.05) is 38.7 Å². The highest BCUT2D eigenvalue weighted by molar-refractivity contribution is 5.94. The highest BCUT2D eigenvalue weighted by atomic mass is 19.4. The number of carbonyl (C=O) groups is 1. The van der Waals surface area contributed by atoms with Crippen molar-refractivity contribution in [1.82, 2.24) is 19.7 Å². The summed E-state index contributed by atoms with van der Waals surface area (Å²) in [6.07, 6.45) is -6.90. The van der Waals surface area contributed by atoms with Gasteiger partial charge >= 0.3 is 12.4 Å². The third-order valence-electron chi connectivity index (χ3n) is 3.65. The molecular weight excluding hydrogens is 408 g/mol. The second-order valence-electron chi connectivity index (χ2n) is 5.94. The van der Waals surface area contributed by atoms with Crippen LogP contribution in [-0.2, 0) is 15.7 Å². The molecule has 0 radical (unpaired) electrons. The van der Waals surface area contributed by atoms with Gasteiger partial charge in [-0.1, -0.05) is 0 Å². The van der Waals surface area contributed by atoms with Gasteiger partial charge in [-0.3, -0.25) is 9.69 Å². The van der Waals surface area contributed by atoms with Crippen LogP contribution < -0.4 is 5.32 Å². The second kappa shape index (κ2) is 9.22. The van der Waals surface area contributed by atoms with Crippen molar-refractivity contribution < 1.29 is 35.9 Å². The molecule has 0 atom stereocenters. The molecule has 1 aromatic heterocycles. The Morgan fingerprint density at radius 2 is 1.97 bits per heavy atom. The van der Waals surface area contributed by atoms with E-state index < -0.39 is 36.9 Å². The molecule has 0 saturated carbocycles. The van der Waals surface area contributed by atoms with Crippen LogP contribution in [0.1, 0.15) is 5.56 Å². The summed E-state index contributed by atoms with van der Waals surface area (Å²) in [6, 6.07) is 2.55. The third kappa shape index (κ3) is 7.02. The fourth-order valence-electron chi connectivity index (χ4n) is 2.43. The van der Waals surface area contributed by atoms with Crippen LogP contribution >= 0.6 is 0 Å². The van der Waals surface area contributed by atoms with E-state index in [-0.39, 0.29) is 24.5 Å². The molecule has 0 aliphatic heterocycles. The molecule has 29 heavy (non-hydrogen) atoms. The molecule has 2 aromatic rings. The van der Waals surface area contributed by atoms with Crippen molar-refractivity contribution in [3.05, 3.63) is 36.4 Å². The average molecular weight is 425 g/mol. The number of methoxy groups -OCH3 is 1. The number of benzene rings is 1. The van der Waals surface area contributed by atoms with E-state index in [0.717, 1.165) is 28.0 Å². The second-order valence-corrected chi connectivity index (χ2v) is 5.94. The molecule has 0 spiro atoms. The largest absolute Gasteiger partial charge is 0.416 e. The van der Waals surface area contributed by atoms with Gasteiger partial charge in [0.25, 0.3) is 0 Å². The molecule has 1 N–H and O–H groups in total. The van der Waals surface area contributed by atoms with E-state index in [2.05, 4.69) is 15.4 Å². The first-order valence-corrected chi connectivity index (χ1v) is 8.14. The van der Waals surface area contributed by atoms with Crippen LogP contribution in [0.5, 0.6) is 0 Å². The van der Waals surface area contributed by atoms with Crippen molar-refractivity contribution >= 4 is 11.6 Å². The minimum absolute atomic E-state index is 0.0584. The van der Waals surface area contributed by atoms with Gasteiger partial charge in [0, 0.05) is 13.7 Å². The first kappa shape index (κ1) is 22.6. The van der Waals surface area contributed by atoms with Crippen LogP contribution in [0.15, 0.2) is 30.9 Å². The van der Waals surface area contributed by atoms with Crippen molar-refractivity contribution in [3.63, 3.8) is 0 Å². The highest BCUT2D eigenvalue weighted by Gasteiger charge is 2.33. The Kier molecular flexibility index (Phi) is 7.19. The normalized spacial score (nSPS) is 12.4. The lowest BCUT2D eigenvalue weighted by molar-refractivity contribution is -0.149. The molecule has 0 aliphatic carbocycles. The first-order chi connectivity index (χ1) is 13.5. The summed E-state index contributed by atoms with van der Waals surface area (Å²) in [5.41, 5.74) is -1.24. The molecule has 2 rings (SSSR count).